The fourth-order valence-corrected chi connectivity index (χ4v) is 18.0. The number of phenols is 2. The maximum absolute atomic E-state index is 16.2. The Morgan fingerprint density at radius 2 is 1.00 bits per heavy atom. The summed E-state index contributed by atoms with van der Waals surface area (Å²) in [5.41, 5.74) is 8.21. The van der Waals surface area contributed by atoms with Gasteiger partial charge in [0, 0.05) is 133 Å². The largest absolute Gasteiger partial charge is 0.508 e. The van der Waals surface area contributed by atoms with E-state index in [1.54, 1.807) is 163 Å². The van der Waals surface area contributed by atoms with Crippen molar-refractivity contribution >= 4 is 117 Å². The van der Waals surface area contributed by atoms with Crippen LogP contribution in [-0.4, -0.2) is 251 Å². The summed E-state index contributed by atoms with van der Waals surface area (Å²) < 4.78 is 0. The number of thioether (sulfide) groups is 1. The number of nitrogens with two attached hydrogens (primary N) is 1. The maximum atomic E-state index is 16.2. The van der Waals surface area contributed by atoms with Gasteiger partial charge in [-0.3, -0.25) is 76.7 Å². The second-order valence-corrected chi connectivity index (χ2v) is 37.3. The number of hydrogen-bond acceptors (Lipinski definition) is 19. The Balaban J connectivity index is 1.14. The standard InChI is InChI=1S/C100H127N13O19S/c1-12-13-33-82-98(131)109(8)57-71(116)52-67(54-89(121)122)86(118)55-73(61(4)5)95(128)111(10)83(50-63-27-19-15-20-28-63)94(127)107-79(49-66-36-40-70(115)41-37-66)97(130)113-81(44-45-100(113,6)7)93(126)106-77(53-68-56-102-74-32-24-23-31-72(68)74)92(125)105-76(47-65-34-38-69(114)39-35-65)91(124)104-75(46-60(2)3)90(123)108-80(85(117)42-43-87(101)119)58-133-59-88(120)103-78(48-62-25-17-14-18-26-62)96(129)112(11)84(99(132)110(82)9)51-64-29-21-16-22-30-64/h14-32,34-41,56,60-61,67,73,75-84,102,114-115H,12-13,33,42-55,57-59H2,1-11H3,(H2,101,119)(H,103,120)(H,104,124)(H,105,125)(H,106,126)(H,107,127)(H,108,123)(H,121,122)/t67-,73-,75-,76-,77-,78-,79-,80-,81+,82-,83-,84-/m0/s1. The number of carboxylic acids is 1. The number of nitrogens with one attached hydrogen (secondary N) is 7. The summed E-state index contributed by atoms with van der Waals surface area (Å²) in [6, 6.07) is 30.4. The minimum absolute atomic E-state index is 0.0108. The summed E-state index contributed by atoms with van der Waals surface area (Å²) >= 11 is 0.880. The van der Waals surface area contributed by atoms with Crippen molar-refractivity contribution in [3.63, 3.8) is 0 Å². The lowest BCUT2D eigenvalue weighted by Gasteiger charge is -2.39. The van der Waals surface area contributed by atoms with Crippen LogP contribution in [-0.2, 0) is 115 Å². The van der Waals surface area contributed by atoms with Crippen molar-refractivity contribution in [2.45, 2.75) is 224 Å². The van der Waals surface area contributed by atoms with Gasteiger partial charge in [-0.2, -0.15) is 0 Å². The molecule has 12 atom stereocenters. The number of likely N-dealkylation sites (N-methyl/N-ethyl adjacent to an activating group) is 4. The SMILES string of the molecule is CCCC[C@H]1C(=O)N(C)CC(=O)C[C@@H](CC(=O)O)C(=O)C[C@@H](C(C)C)C(=O)N(C)[C@@H](Cc2ccccc2)C(=O)N[C@@H](Cc2ccc(O)cc2)C(=O)N2[C@H](CCC2(C)C)C(=O)N[C@@H](Cc2c[nH]c3ccccc23)C(=O)N[C@@H](Cc2ccc(O)cc2)C(=O)N[C@@H](CC(C)C)C(=O)N[C@H](C(=O)CCC(N)=O)CSCC(=O)N[C@@H](Cc2ccccc2)C(=O)N(C)[C@@H](Cc2ccccc2)C(=O)N1C. The van der Waals surface area contributed by atoms with E-state index in [-0.39, 0.29) is 87.4 Å². The molecule has 712 valence electrons. The molecule has 0 unspecified atom stereocenters. The molecule has 32 nitrogen and oxygen atoms in total. The highest BCUT2D eigenvalue weighted by atomic mass is 32.2. The number of aliphatic carboxylic acids is 1. The van der Waals surface area contributed by atoms with Crippen LogP contribution >= 0.6 is 11.8 Å². The number of primary amides is 1. The number of carboxylic acid groups (broad SMARTS) is 1. The van der Waals surface area contributed by atoms with Gasteiger partial charge < -0.3 is 82.4 Å². The quantitative estimate of drug-likeness (QED) is 0.0288. The van der Waals surface area contributed by atoms with Crippen molar-refractivity contribution in [3.05, 3.63) is 203 Å². The Labute approximate surface area is 780 Å². The molecule has 2 fully saturated rings. The molecule has 2 aliphatic rings. The zero-order valence-electron chi connectivity index (χ0n) is 77.5. The van der Waals surface area contributed by atoms with Gasteiger partial charge >= 0.3 is 5.97 Å². The molecule has 1 aromatic heterocycles. The van der Waals surface area contributed by atoms with E-state index in [1.807, 2.05) is 6.92 Å². The first kappa shape index (κ1) is 104. The summed E-state index contributed by atoms with van der Waals surface area (Å²) in [5, 5.41) is 49.2. The zero-order chi connectivity index (χ0) is 97.1. The van der Waals surface area contributed by atoms with E-state index in [0.29, 0.717) is 57.1 Å². The Morgan fingerprint density at radius 3 is 1.56 bits per heavy atom. The maximum Gasteiger partial charge on any atom is 0.304 e. The number of aromatic nitrogens is 1. The third-order valence-electron chi connectivity index (χ3n) is 24.7. The molecular formula is C100H127N13O19S. The number of rotatable bonds is 24. The number of carbonyl (C=O) groups excluding carboxylic acids is 15. The van der Waals surface area contributed by atoms with Gasteiger partial charge in [0.15, 0.2) is 11.6 Å². The third-order valence-corrected chi connectivity index (χ3v) is 25.8. The number of hydrogen-bond donors (Lipinski definition) is 11. The monoisotopic (exact) mass is 1850 g/mol. The molecule has 12 N–H and O–H groups in total. The third kappa shape index (κ3) is 29.7. The number of H-pyrrole nitrogens is 1. The van der Waals surface area contributed by atoms with E-state index >= 15 is 47.9 Å². The molecule has 0 aliphatic carbocycles. The molecule has 6 aromatic carbocycles. The Hall–Kier alpha value is -13.1. The van der Waals surface area contributed by atoms with Crippen molar-refractivity contribution < 1.29 is 92.0 Å². The van der Waals surface area contributed by atoms with Crippen molar-refractivity contribution in [2.75, 3.05) is 46.2 Å². The van der Waals surface area contributed by atoms with E-state index in [1.165, 1.54) is 91.4 Å². The van der Waals surface area contributed by atoms with Gasteiger partial charge in [-0.15, -0.1) is 11.8 Å². The molecule has 12 amide bonds. The van der Waals surface area contributed by atoms with Gasteiger partial charge in [0.2, 0.25) is 70.9 Å². The molecular weight excluding hydrogens is 1720 g/mol. The van der Waals surface area contributed by atoms with Gasteiger partial charge in [-0.1, -0.05) is 181 Å². The molecule has 7 aromatic rings. The van der Waals surface area contributed by atoms with E-state index in [4.69, 9.17) is 5.73 Å². The predicted octanol–water partition coefficient (Wildman–Crippen LogP) is 7.05. The number of benzene rings is 6. The number of unbranched alkanes of at least 4 members (excludes halogenated alkanes) is 1. The van der Waals surface area contributed by atoms with Crippen LogP contribution in [0.1, 0.15) is 152 Å². The number of phenolic OH excluding ortho intramolecular Hbond substituents is 2. The fourth-order valence-electron chi connectivity index (χ4n) is 17.1. The number of carbonyl (C=O) groups is 16. The van der Waals surface area contributed by atoms with E-state index < -0.39 is 222 Å². The number of nitrogens with zero attached hydrogens (tertiary/aromatic N) is 5. The Morgan fingerprint density at radius 1 is 0.511 bits per heavy atom. The molecule has 33 heteroatoms. The number of aromatic hydroxyl groups is 2. The molecule has 0 spiro atoms. The summed E-state index contributed by atoms with van der Waals surface area (Å²) in [5.74, 6) is -18.1. The van der Waals surface area contributed by atoms with E-state index in [0.717, 1.165) is 21.6 Å². The van der Waals surface area contributed by atoms with Crippen LogP contribution < -0.4 is 37.6 Å². The Bertz CT molecular complexity index is 5250. The van der Waals surface area contributed by atoms with Gasteiger partial charge in [-0.05, 0) is 115 Å². The van der Waals surface area contributed by atoms with Crippen molar-refractivity contribution in [1.82, 2.24) is 61.4 Å². The number of fused-ring (bicyclic) bond motifs is 2. The molecule has 9 rings (SSSR count). The normalized spacial score (nSPS) is 23.1. The van der Waals surface area contributed by atoms with Gasteiger partial charge in [-0.25, -0.2) is 0 Å². The van der Waals surface area contributed by atoms with E-state index in [2.05, 4.69) is 36.9 Å². The molecule has 0 bridgehead atoms. The lowest BCUT2D eigenvalue weighted by molar-refractivity contribution is -0.151. The summed E-state index contributed by atoms with van der Waals surface area (Å²) in [6.07, 6.45) is -1.44. The first-order chi connectivity index (χ1) is 63.2. The van der Waals surface area contributed by atoms with Crippen LogP contribution in [0, 0.1) is 23.7 Å². The molecule has 0 saturated carbocycles. The van der Waals surface area contributed by atoms with Gasteiger partial charge in [0.25, 0.3) is 0 Å². The van der Waals surface area contributed by atoms with Gasteiger partial charge in [0.1, 0.15) is 71.7 Å². The lowest BCUT2D eigenvalue weighted by atomic mass is 9.83. The minimum Gasteiger partial charge on any atom is -0.508 e. The predicted molar refractivity (Wildman–Crippen MR) is 502 cm³/mol. The van der Waals surface area contributed by atoms with Crippen molar-refractivity contribution in [2.24, 2.45) is 29.4 Å². The number of amides is 12. The average molecular weight is 1850 g/mol. The summed E-state index contributed by atoms with van der Waals surface area (Å²) in [7, 11) is 5.48. The second kappa shape index (κ2) is 48.9. The summed E-state index contributed by atoms with van der Waals surface area (Å²) in [6.45, 7) is 11.5. The van der Waals surface area contributed by atoms with Crippen LogP contribution in [0.25, 0.3) is 10.9 Å². The van der Waals surface area contributed by atoms with Crippen LogP contribution in [0.3, 0.4) is 0 Å². The number of para-hydroxylation sites is 1. The first-order valence-electron chi connectivity index (χ1n) is 45.3. The highest BCUT2D eigenvalue weighted by Crippen LogP contribution is 2.36. The molecule has 2 aliphatic heterocycles. The second-order valence-electron chi connectivity index (χ2n) is 36.2. The topological polar surface area (TPSA) is 464 Å². The first-order valence-corrected chi connectivity index (χ1v) is 46.4. The van der Waals surface area contributed by atoms with Crippen molar-refractivity contribution in [3.8, 4) is 11.5 Å². The van der Waals surface area contributed by atoms with E-state index in [9.17, 15) is 44.1 Å². The van der Waals surface area contributed by atoms with Crippen LogP contribution in [0.2, 0.25) is 0 Å². The highest BCUT2D eigenvalue weighted by molar-refractivity contribution is 8.00. The summed E-state index contributed by atoms with van der Waals surface area (Å²) in [4.78, 5) is 248. The minimum atomic E-state index is -1.59. The number of Topliss-reactive ketones (excluding diaryl/α,β-unsaturated/α-hetero) is 3. The number of aromatic amines is 1. The molecule has 0 radical (unpaired) electrons. The Kier molecular flexibility index (Phi) is 38.1. The van der Waals surface area contributed by atoms with Crippen LogP contribution in [0.15, 0.2) is 170 Å². The smallest absolute Gasteiger partial charge is 0.304 e. The molecule has 2 saturated heterocycles. The average Bonchev–Trinajstić information content (AvgIpc) is 1.64. The fraction of sp³-hybridized carbons (Fsp3) is 0.460. The van der Waals surface area contributed by atoms with Crippen molar-refractivity contribution in [1.29, 1.82) is 0 Å². The van der Waals surface area contributed by atoms with Crippen LogP contribution in [0.4, 0.5) is 0 Å². The lowest BCUT2D eigenvalue weighted by Crippen LogP contribution is -2.62. The molecule has 133 heavy (non-hydrogen) atoms. The number of ketones is 3. The van der Waals surface area contributed by atoms with Crippen LogP contribution in [0.5, 0.6) is 11.5 Å². The molecule has 3 heterocycles. The highest BCUT2D eigenvalue weighted by Gasteiger charge is 2.50. The zero-order valence-corrected chi connectivity index (χ0v) is 78.3. The van der Waals surface area contributed by atoms with Gasteiger partial charge in [0.05, 0.1) is 24.8 Å².